The Morgan fingerprint density at radius 3 is 1.94 bits per heavy atom. The van der Waals surface area contributed by atoms with E-state index in [4.69, 9.17) is 52.1 Å². The zero-order valence-corrected chi connectivity index (χ0v) is 27.9. The van der Waals surface area contributed by atoms with Crippen LogP contribution >= 0.6 is 0 Å². The van der Waals surface area contributed by atoms with Gasteiger partial charge in [0.15, 0.2) is 18.4 Å². The maximum Gasteiger partial charge on any atom is 0.195 e. The molecule has 0 spiro atoms. The van der Waals surface area contributed by atoms with Crippen LogP contribution in [0.1, 0.15) is 20.8 Å². The van der Waals surface area contributed by atoms with Crippen LogP contribution in [-0.2, 0) is 52.1 Å². The summed E-state index contributed by atoms with van der Waals surface area (Å²) >= 11 is 0. The van der Waals surface area contributed by atoms with Gasteiger partial charge >= 0.3 is 0 Å². The van der Waals surface area contributed by atoms with Crippen molar-refractivity contribution in [2.75, 3.05) is 61.5 Å². The minimum Gasteiger partial charge on any atom is -0.391 e. The molecule has 3 fully saturated rings. The van der Waals surface area contributed by atoms with Crippen molar-refractivity contribution >= 4 is 0 Å². The number of methoxy groups -OCH3 is 4. The van der Waals surface area contributed by atoms with Gasteiger partial charge in [0.05, 0.1) is 45.2 Å². The molecule has 278 valence electrons. The summed E-state index contributed by atoms with van der Waals surface area (Å²) in [5, 5.41) is 74.4. The van der Waals surface area contributed by atoms with Gasteiger partial charge in [-0.15, -0.1) is 0 Å². The Balaban J connectivity index is 1.94. The van der Waals surface area contributed by atoms with Crippen molar-refractivity contribution in [3.63, 3.8) is 0 Å². The molecule has 3 heterocycles. The standard InChI is InChI=1S/C29H54O18/c1-13(30)8-41-12-15-18(31)19(32)25(40-7)28(44-15)45-23-17(11-38-5)46-29(3,26(22(23)35)42-9-14(2)39-6)47-24-16(10-37-4)43-27(36)21(34)20(24)33/h13-28,30-36H,8-12H2,1-7H3/t13?,14?,15-,16-,17?,18+,19?,20?,21?,22?,23+,24+,25?,26-,27+,28-,29-/m0/s1. The highest BCUT2D eigenvalue weighted by atomic mass is 16.8. The second-order valence-corrected chi connectivity index (χ2v) is 12.2. The summed E-state index contributed by atoms with van der Waals surface area (Å²) in [6.07, 6.45) is -20.7. The summed E-state index contributed by atoms with van der Waals surface area (Å²) in [7, 11) is 5.53. The second-order valence-electron chi connectivity index (χ2n) is 12.2. The lowest BCUT2D eigenvalue weighted by atomic mass is 9.91. The largest absolute Gasteiger partial charge is 0.391 e. The normalized spacial score (nSPS) is 44.3. The summed E-state index contributed by atoms with van der Waals surface area (Å²) in [5.41, 5.74) is 0. The lowest BCUT2D eigenvalue weighted by Gasteiger charge is -2.53. The SMILES string of the molecule is COCC1O[C@@](C)(O[C@H]2C(O)C(O)[C@H](O)O[C@H]2COC)[C@@H](OCC(C)OC)C(O)[C@@H]1O[C@@H]1O[C@@H](COCC(C)O)[C@@H](O)C(O)C1OC. The molecule has 3 aliphatic heterocycles. The molecule has 3 saturated heterocycles. The molecule has 0 aromatic rings. The van der Waals surface area contributed by atoms with Crippen LogP contribution in [0, 0.1) is 0 Å². The van der Waals surface area contributed by atoms with Crippen LogP contribution in [0.2, 0.25) is 0 Å². The summed E-state index contributed by atoms with van der Waals surface area (Å²) in [6.45, 7) is 4.10. The Morgan fingerprint density at radius 2 is 1.34 bits per heavy atom. The second kappa shape index (κ2) is 18.5. The molecule has 0 aromatic carbocycles. The van der Waals surface area contributed by atoms with E-state index in [2.05, 4.69) is 0 Å². The summed E-state index contributed by atoms with van der Waals surface area (Å²) in [4.78, 5) is 0. The highest BCUT2D eigenvalue weighted by Gasteiger charge is 2.59. The third-order valence-electron chi connectivity index (χ3n) is 8.37. The number of ether oxygens (including phenoxy) is 11. The molecule has 0 aliphatic carbocycles. The number of hydrogen-bond acceptors (Lipinski definition) is 18. The molecule has 17 atom stereocenters. The molecule has 0 saturated carbocycles. The van der Waals surface area contributed by atoms with Gasteiger partial charge in [0.25, 0.3) is 0 Å². The highest BCUT2D eigenvalue weighted by Crippen LogP contribution is 2.39. The van der Waals surface area contributed by atoms with Crippen LogP contribution in [-0.4, -0.2) is 201 Å². The Labute approximate surface area is 274 Å². The van der Waals surface area contributed by atoms with Crippen LogP contribution < -0.4 is 0 Å². The highest BCUT2D eigenvalue weighted by molar-refractivity contribution is 5.01. The van der Waals surface area contributed by atoms with Gasteiger partial charge in [0.1, 0.15) is 73.2 Å². The third kappa shape index (κ3) is 9.96. The Morgan fingerprint density at radius 1 is 0.702 bits per heavy atom. The first kappa shape index (κ1) is 40.7. The minimum absolute atomic E-state index is 0.0492. The lowest BCUT2D eigenvalue weighted by Crippen LogP contribution is -2.71. The quantitative estimate of drug-likeness (QED) is 0.0775. The van der Waals surface area contributed by atoms with E-state index in [0.29, 0.717) is 0 Å². The van der Waals surface area contributed by atoms with Crippen molar-refractivity contribution in [1.29, 1.82) is 0 Å². The van der Waals surface area contributed by atoms with E-state index < -0.39 is 104 Å². The Kier molecular flexibility index (Phi) is 16.0. The molecular weight excluding hydrogens is 636 g/mol. The van der Waals surface area contributed by atoms with Gasteiger partial charge in [0, 0.05) is 28.4 Å². The van der Waals surface area contributed by atoms with E-state index >= 15 is 0 Å². The van der Waals surface area contributed by atoms with Gasteiger partial charge in [0.2, 0.25) is 0 Å². The fourth-order valence-electron chi connectivity index (χ4n) is 5.80. The first-order valence-electron chi connectivity index (χ1n) is 15.5. The zero-order valence-electron chi connectivity index (χ0n) is 27.9. The van der Waals surface area contributed by atoms with Crippen LogP contribution in [0.4, 0.5) is 0 Å². The molecule has 18 nitrogen and oxygen atoms in total. The van der Waals surface area contributed by atoms with E-state index in [1.54, 1.807) is 6.92 Å². The third-order valence-corrected chi connectivity index (χ3v) is 8.37. The van der Waals surface area contributed by atoms with Crippen molar-refractivity contribution in [2.24, 2.45) is 0 Å². The number of aliphatic hydroxyl groups excluding tert-OH is 7. The minimum atomic E-state index is -1.87. The van der Waals surface area contributed by atoms with Crippen molar-refractivity contribution in [2.45, 2.75) is 125 Å². The summed E-state index contributed by atoms with van der Waals surface area (Å²) in [6, 6.07) is 0. The lowest BCUT2D eigenvalue weighted by molar-refractivity contribution is -0.416. The Hall–Kier alpha value is -0.720. The van der Waals surface area contributed by atoms with E-state index in [-0.39, 0.29) is 33.0 Å². The molecule has 18 heteroatoms. The monoisotopic (exact) mass is 690 g/mol. The summed E-state index contributed by atoms with van der Waals surface area (Å²) in [5.74, 6) is -1.87. The fraction of sp³-hybridized carbons (Fsp3) is 1.00. The van der Waals surface area contributed by atoms with Gasteiger partial charge in [-0.25, -0.2) is 0 Å². The topological polar surface area (TPSA) is 243 Å². The van der Waals surface area contributed by atoms with Crippen LogP contribution in [0.25, 0.3) is 0 Å². The van der Waals surface area contributed by atoms with E-state index in [1.807, 2.05) is 0 Å². The molecule has 0 radical (unpaired) electrons. The smallest absolute Gasteiger partial charge is 0.195 e. The molecule has 3 rings (SSSR count). The molecule has 0 aromatic heterocycles. The van der Waals surface area contributed by atoms with E-state index in [1.165, 1.54) is 42.3 Å². The number of aliphatic hydroxyl groups is 7. The van der Waals surface area contributed by atoms with E-state index in [0.717, 1.165) is 0 Å². The van der Waals surface area contributed by atoms with E-state index in [9.17, 15) is 35.7 Å². The van der Waals surface area contributed by atoms with Crippen molar-refractivity contribution in [1.82, 2.24) is 0 Å². The summed E-state index contributed by atoms with van der Waals surface area (Å²) < 4.78 is 63.1. The van der Waals surface area contributed by atoms with Crippen molar-refractivity contribution in [3.05, 3.63) is 0 Å². The zero-order chi connectivity index (χ0) is 35.1. The van der Waals surface area contributed by atoms with Crippen LogP contribution in [0.15, 0.2) is 0 Å². The van der Waals surface area contributed by atoms with Crippen molar-refractivity contribution in [3.8, 4) is 0 Å². The molecule has 0 bridgehead atoms. The average Bonchev–Trinajstić information content (AvgIpc) is 3.02. The van der Waals surface area contributed by atoms with Crippen molar-refractivity contribution < 1.29 is 87.9 Å². The van der Waals surface area contributed by atoms with Gasteiger partial charge in [-0.3, -0.25) is 0 Å². The first-order valence-corrected chi connectivity index (χ1v) is 15.5. The maximum absolute atomic E-state index is 11.9. The van der Waals surface area contributed by atoms with Crippen LogP contribution in [0.3, 0.4) is 0 Å². The molecule has 3 aliphatic rings. The maximum atomic E-state index is 11.9. The van der Waals surface area contributed by atoms with Crippen LogP contribution in [0.5, 0.6) is 0 Å². The predicted octanol–water partition coefficient (Wildman–Crippen LogP) is -3.76. The molecule has 8 unspecified atom stereocenters. The molecular formula is C29H54O18. The molecule has 0 amide bonds. The fourth-order valence-corrected chi connectivity index (χ4v) is 5.80. The van der Waals surface area contributed by atoms with Gasteiger partial charge in [-0.05, 0) is 20.8 Å². The predicted molar refractivity (Wildman–Crippen MR) is 156 cm³/mol. The number of hydrogen-bond donors (Lipinski definition) is 7. The first-order chi connectivity index (χ1) is 22.2. The average molecular weight is 691 g/mol. The Bertz CT molecular complexity index is 901. The van der Waals surface area contributed by atoms with Gasteiger partial charge < -0.3 is 87.9 Å². The molecule has 7 N–H and O–H groups in total. The molecule has 47 heavy (non-hydrogen) atoms. The van der Waals surface area contributed by atoms with Gasteiger partial charge in [-0.1, -0.05) is 0 Å². The van der Waals surface area contributed by atoms with Gasteiger partial charge in [-0.2, -0.15) is 0 Å². The number of rotatable bonds is 17.